The van der Waals surface area contributed by atoms with E-state index >= 15 is 0 Å². The van der Waals surface area contributed by atoms with Crippen molar-refractivity contribution in [2.45, 2.75) is 44.3 Å². The van der Waals surface area contributed by atoms with E-state index in [1.54, 1.807) is 4.90 Å². The summed E-state index contributed by atoms with van der Waals surface area (Å²) in [6.07, 6.45) is 0.936. The van der Waals surface area contributed by atoms with Crippen LogP contribution in [0.5, 0.6) is 0 Å². The molecule has 5 aliphatic rings. The predicted molar refractivity (Wildman–Crippen MR) is 113 cm³/mol. The van der Waals surface area contributed by atoms with Crippen LogP contribution in [-0.4, -0.2) is 65.6 Å². The molecule has 33 heavy (non-hydrogen) atoms. The molecule has 5 fully saturated rings. The van der Waals surface area contributed by atoms with Gasteiger partial charge in [-0.1, -0.05) is 0 Å². The Balaban J connectivity index is 1.15. The average Bonchev–Trinajstić information content (AvgIpc) is 2.76. The SMILES string of the molecule is O=C(CN1CCN(c2ncccc2C(F)(F)F)CC1)NC1C2CC3CC1CC(C(=O)O)(C3)C2. The Hall–Kier alpha value is -2.36. The molecule has 7 nitrogen and oxygen atoms in total. The van der Waals surface area contributed by atoms with Gasteiger partial charge in [-0.2, -0.15) is 13.2 Å². The highest BCUT2D eigenvalue weighted by molar-refractivity contribution is 5.79. The number of halogens is 3. The van der Waals surface area contributed by atoms with Gasteiger partial charge in [0.25, 0.3) is 0 Å². The van der Waals surface area contributed by atoms with E-state index in [9.17, 15) is 27.9 Å². The summed E-state index contributed by atoms with van der Waals surface area (Å²) in [5.74, 6) is 0.0597. The summed E-state index contributed by atoms with van der Waals surface area (Å²) in [5, 5.41) is 13.0. The number of hydrogen-bond donors (Lipinski definition) is 2. The van der Waals surface area contributed by atoms with E-state index in [0.717, 1.165) is 25.3 Å². The van der Waals surface area contributed by atoms with Crippen LogP contribution in [-0.2, 0) is 15.8 Å². The normalized spacial score (nSPS) is 33.8. The molecule has 10 heteroatoms. The largest absolute Gasteiger partial charge is 0.481 e. The summed E-state index contributed by atoms with van der Waals surface area (Å²) >= 11 is 0. The van der Waals surface area contributed by atoms with Crippen molar-refractivity contribution in [3.05, 3.63) is 23.9 Å². The predicted octanol–water partition coefficient (Wildman–Crippen LogP) is 2.62. The van der Waals surface area contributed by atoms with Gasteiger partial charge in [-0.3, -0.25) is 14.5 Å². The second-order valence-corrected chi connectivity index (χ2v) is 10.3. The van der Waals surface area contributed by atoms with E-state index in [1.807, 2.05) is 4.90 Å². The minimum Gasteiger partial charge on any atom is -0.481 e. The summed E-state index contributed by atoms with van der Waals surface area (Å²) in [5.41, 5.74) is -1.34. The van der Waals surface area contributed by atoms with Crippen LogP contribution in [0.15, 0.2) is 18.3 Å². The van der Waals surface area contributed by atoms with Crippen LogP contribution in [0.1, 0.15) is 37.7 Å². The zero-order valence-corrected chi connectivity index (χ0v) is 18.4. The summed E-state index contributed by atoms with van der Waals surface area (Å²) in [6.45, 7) is 1.88. The minimum absolute atomic E-state index is 0.0330. The quantitative estimate of drug-likeness (QED) is 0.694. The molecule has 2 atom stereocenters. The second-order valence-electron chi connectivity index (χ2n) is 10.3. The Bertz CT molecular complexity index is 916. The third kappa shape index (κ3) is 4.18. The standard InChI is InChI=1S/C23H29F3N4O3/c24-23(25,26)17-2-1-3-27-20(17)30-6-4-29(5-7-30)13-18(31)28-19-15-8-14-9-16(19)12-22(10-14,11-15)21(32)33/h1-3,14-16,19H,4-13H2,(H,28,31)(H,32,33). The van der Waals surface area contributed by atoms with E-state index in [-0.39, 0.29) is 36.1 Å². The number of alkyl halides is 3. The Morgan fingerprint density at radius 3 is 2.39 bits per heavy atom. The fourth-order valence-electron chi connectivity index (χ4n) is 6.94. The van der Waals surface area contributed by atoms with Gasteiger partial charge in [-0.05, 0) is 62.0 Å². The number of amides is 1. The lowest BCUT2D eigenvalue weighted by Gasteiger charge is -2.58. The van der Waals surface area contributed by atoms with Gasteiger partial charge < -0.3 is 15.3 Å². The van der Waals surface area contributed by atoms with Crippen LogP contribution in [0.2, 0.25) is 0 Å². The number of aliphatic carboxylic acids is 1. The number of piperazine rings is 1. The Morgan fingerprint density at radius 2 is 1.79 bits per heavy atom. The molecule has 1 aromatic heterocycles. The van der Waals surface area contributed by atoms with Gasteiger partial charge >= 0.3 is 12.1 Å². The molecule has 4 saturated carbocycles. The summed E-state index contributed by atoms with van der Waals surface area (Å²) in [4.78, 5) is 32.2. The van der Waals surface area contributed by atoms with Gasteiger partial charge in [-0.25, -0.2) is 4.98 Å². The maximum absolute atomic E-state index is 13.3. The molecule has 0 radical (unpaired) electrons. The molecule has 0 aromatic carbocycles. The molecule has 0 spiro atoms. The van der Waals surface area contributed by atoms with Gasteiger partial charge in [0.15, 0.2) is 0 Å². The number of anilines is 1. The molecular formula is C23H29F3N4O3. The van der Waals surface area contributed by atoms with E-state index < -0.39 is 23.1 Å². The molecule has 1 aliphatic heterocycles. The first-order chi connectivity index (χ1) is 15.6. The molecule has 1 aromatic rings. The van der Waals surface area contributed by atoms with Gasteiger partial charge in [0.1, 0.15) is 5.82 Å². The first-order valence-electron chi connectivity index (χ1n) is 11.7. The third-order valence-corrected chi connectivity index (χ3v) is 8.19. The number of carbonyl (C=O) groups is 2. The van der Waals surface area contributed by atoms with Gasteiger partial charge in [0.2, 0.25) is 5.91 Å². The molecular weight excluding hydrogens is 437 g/mol. The van der Waals surface area contributed by atoms with Crippen molar-refractivity contribution in [1.82, 2.24) is 15.2 Å². The van der Waals surface area contributed by atoms with Gasteiger partial charge in [0, 0.05) is 38.4 Å². The third-order valence-electron chi connectivity index (χ3n) is 8.19. The summed E-state index contributed by atoms with van der Waals surface area (Å²) in [7, 11) is 0. The number of carboxylic acids is 1. The van der Waals surface area contributed by atoms with Crippen molar-refractivity contribution in [1.29, 1.82) is 0 Å². The maximum atomic E-state index is 13.3. The van der Waals surface area contributed by atoms with Crippen molar-refractivity contribution in [3.8, 4) is 0 Å². The van der Waals surface area contributed by atoms with E-state index in [1.165, 1.54) is 12.3 Å². The molecule has 4 bridgehead atoms. The van der Waals surface area contributed by atoms with Crippen molar-refractivity contribution in [2.75, 3.05) is 37.6 Å². The molecule has 2 N–H and O–H groups in total. The lowest BCUT2D eigenvalue weighted by molar-refractivity contribution is -0.167. The van der Waals surface area contributed by atoms with Crippen molar-refractivity contribution in [2.24, 2.45) is 23.2 Å². The molecule has 2 unspecified atom stereocenters. The molecule has 1 saturated heterocycles. The maximum Gasteiger partial charge on any atom is 0.419 e. The van der Waals surface area contributed by atoms with Crippen LogP contribution in [0.3, 0.4) is 0 Å². The van der Waals surface area contributed by atoms with Crippen LogP contribution >= 0.6 is 0 Å². The zero-order chi connectivity index (χ0) is 23.4. The number of pyridine rings is 1. The van der Waals surface area contributed by atoms with Crippen molar-refractivity contribution in [3.63, 3.8) is 0 Å². The topological polar surface area (TPSA) is 85.8 Å². The minimum atomic E-state index is -4.46. The van der Waals surface area contributed by atoms with Crippen LogP contribution in [0.4, 0.5) is 19.0 Å². The highest BCUT2D eigenvalue weighted by Crippen LogP contribution is 2.60. The zero-order valence-electron chi connectivity index (χ0n) is 18.4. The van der Waals surface area contributed by atoms with Gasteiger partial charge in [0.05, 0.1) is 17.5 Å². The van der Waals surface area contributed by atoms with Crippen LogP contribution < -0.4 is 10.2 Å². The lowest BCUT2D eigenvalue weighted by atomic mass is 9.48. The van der Waals surface area contributed by atoms with Gasteiger partial charge in [-0.15, -0.1) is 0 Å². The highest BCUT2D eigenvalue weighted by Gasteiger charge is 2.58. The monoisotopic (exact) mass is 466 g/mol. The Labute approximate surface area is 190 Å². The summed E-state index contributed by atoms with van der Waals surface area (Å²) < 4.78 is 39.9. The number of carbonyl (C=O) groups excluding carboxylic acids is 1. The lowest BCUT2D eigenvalue weighted by Crippen LogP contribution is -2.62. The Morgan fingerprint density at radius 1 is 1.12 bits per heavy atom. The molecule has 180 valence electrons. The highest BCUT2D eigenvalue weighted by atomic mass is 19.4. The van der Waals surface area contributed by atoms with E-state index in [2.05, 4.69) is 10.3 Å². The number of rotatable bonds is 5. The number of nitrogens with zero attached hydrogens (tertiary/aromatic N) is 3. The van der Waals surface area contributed by atoms with Crippen LogP contribution in [0.25, 0.3) is 0 Å². The molecule has 6 rings (SSSR count). The molecule has 1 amide bonds. The fraction of sp³-hybridized carbons (Fsp3) is 0.696. The second kappa shape index (κ2) is 8.14. The Kier molecular flexibility index (Phi) is 5.54. The van der Waals surface area contributed by atoms with E-state index in [0.29, 0.717) is 44.9 Å². The number of aromatic nitrogens is 1. The fourth-order valence-corrected chi connectivity index (χ4v) is 6.94. The first kappa shape index (κ1) is 22.4. The molecule has 4 aliphatic carbocycles. The smallest absolute Gasteiger partial charge is 0.419 e. The number of hydrogen-bond acceptors (Lipinski definition) is 5. The van der Waals surface area contributed by atoms with E-state index in [4.69, 9.17) is 0 Å². The first-order valence-corrected chi connectivity index (χ1v) is 11.7. The summed E-state index contributed by atoms with van der Waals surface area (Å²) in [6, 6.07) is 2.36. The number of nitrogens with one attached hydrogen (secondary N) is 1. The number of carboxylic acid groups (broad SMARTS) is 1. The van der Waals surface area contributed by atoms with Crippen LogP contribution in [0, 0.1) is 23.2 Å². The van der Waals surface area contributed by atoms with Crippen molar-refractivity contribution < 1.29 is 27.9 Å². The average molecular weight is 467 g/mol. The van der Waals surface area contributed by atoms with Crippen molar-refractivity contribution >= 4 is 17.7 Å². The molecule has 2 heterocycles.